The zero-order valence-corrected chi connectivity index (χ0v) is 12.8. The Morgan fingerprint density at radius 3 is 2.23 bits per heavy atom. The number of non-ortho nitro benzene ring substituents is 1. The summed E-state index contributed by atoms with van der Waals surface area (Å²) in [6, 6.07) is 13.7. The second-order valence-corrected chi connectivity index (χ2v) is 5.07. The molecular formula is C17H20N2O3. The Morgan fingerprint density at radius 2 is 1.73 bits per heavy atom. The molecule has 1 atom stereocenters. The largest absolute Gasteiger partial charge is 0.508 e. The smallest absolute Gasteiger partial charge is 0.269 e. The molecule has 0 spiro atoms. The third-order valence-corrected chi connectivity index (χ3v) is 3.78. The summed E-state index contributed by atoms with van der Waals surface area (Å²) in [7, 11) is 0. The maximum atomic E-state index is 10.8. The van der Waals surface area contributed by atoms with Crippen molar-refractivity contribution in [1.82, 2.24) is 4.90 Å². The number of hydrogen-bond acceptors (Lipinski definition) is 4. The van der Waals surface area contributed by atoms with Crippen LogP contribution in [0.4, 0.5) is 5.69 Å². The average Bonchev–Trinajstić information content (AvgIpc) is 2.52. The number of nitrogens with zero attached hydrogens (tertiary/aromatic N) is 2. The number of phenols is 1. The fraction of sp³-hybridized carbons (Fsp3) is 0.294. The second-order valence-electron chi connectivity index (χ2n) is 5.07. The van der Waals surface area contributed by atoms with Crippen LogP contribution in [0.25, 0.3) is 0 Å². The van der Waals surface area contributed by atoms with Crippen molar-refractivity contribution in [2.75, 3.05) is 13.1 Å². The minimum absolute atomic E-state index is 0.0390. The van der Waals surface area contributed by atoms with Gasteiger partial charge in [-0.1, -0.05) is 38.1 Å². The Kier molecular flexibility index (Phi) is 5.12. The van der Waals surface area contributed by atoms with Gasteiger partial charge in [-0.3, -0.25) is 15.0 Å². The minimum Gasteiger partial charge on any atom is -0.508 e. The summed E-state index contributed by atoms with van der Waals surface area (Å²) in [4.78, 5) is 12.7. The van der Waals surface area contributed by atoms with Crippen molar-refractivity contribution in [3.8, 4) is 5.75 Å². The van der Waals surface area contributed by atoms with Crippen LogP contribution < -0.4 is 0 Å². The van der Waals surface area contributed by atoms with E-state index in [9.17, 15) is 15.2 Å². The van der Waals surface area contributed by atoms with Crippen LogP contribution in [0.2, 0.25) is 0 Å². The highest BCUT2D eigenvalue weighted by molar-refractivity contribution is 5.40. The van der Waals surface area contributed by atoms with Crippen molar-refractivity contribution in [1.29, 1.82) is 0 Å². The third-order valence-electron chi connectivity index (χ3n) is 3.78. The Balaban J connectivity index is 2.46. The first-order chi connectivity index (χ1) is 10.6. The van der Waals surface area contributed by atoms with Gasteiger partial charge in [-0.25, -0.2) is 0 Å². The number of nitro benzene ring substituents is 1. The van der Waals surface area contributed by atoms with Gasteiger partial charge in [0.05, 0.1) is 11.0 Å². The molecule has 0 radical (unpaired) electrons. The standard InChI is InChI=1S/C17H20N2O3/c1-3-18(4-2)17(14-6-5-7-16(20)12-14)13-8-10-15(11-9-13)19(21)22/h5-12,17,20H,3-4H2,1-2H3. The van der Waals surface area contributed by atoms with Crippen LogP contribution in [-0.2, 0) is 0 Å². The highest BCUT2D eigenvalue weighted by atomic mass is 16.6. The molecule has 0 aliphatic rings. The van der Waals surface area contributed by atoms with Crippen LogP contribution in [0.5, 0.6) is 5.75 Å². The summed E-state index contributed by atoms with van der Waals surface area (Å²) in [6.45, 7) is 5.83. The molecule has 0 aliphatic carbocycles. The van der Waals surface area contributed by atoms with Gasteiger partial charge in [0.1, 0.15) is 5.75 Å². The topological polar surface area (TPSA) is 66.6 Å². The van der Waals surface area contributed by atoms with Crippen LogP contribution in [0.3, 0.4) is 0 Å². The zero-order chi connectivity index (χ0) is 16.1. The molecule has 0 bridgehead atoms. The van der Waals surface area contributed by atoms with E-state index >= 15 is 0 Å². The molecule has 0 aromatic heterocycles. The lowest BCUT2D eigenvalue weighted by Crippen LogP contribution is -2.29. The van der Waals surface area contributed by atoms with Gasteiger partial charge in [-0.05, 0) is 36.3 Å². The molecule has 1 N–H and O–H groups in total. The fourth-order valence-electron chi connectivity index (χ4n) is 2.68. The molecular weight excluding hydrogens is 280 g/mol. The van der Waals surface area contributed by atoms with Crippen LogP contribution in [0.15, 0.2) is 48.5 Å². The minimum atomic E-state index is -0.398. The Hall–Kier alpha value is -2.40. The van der Waals surface area contributed by atoms with Crippen LogP contribution in [0, 0.1) is 10.1 Å². The molecule has 0 amide bonds. The number of rotatable bonds is 6. The molecule has 5 nitrogen and oxygen atoms in total. The summed E-state index contributed by atoms with van der Waals surface area (Å²) in [5.74, 6) is 0.219. The van der Waals surface area contributed by atoms with E-state index in [0.29, 0.717) is 0 Å². The predicted molar refractivity (Wildman–Crippen MR) is 86.0 cm³/mol. The molecule has 0 saturated carbocycles. The maximum Gasteiger partial charge on any atom is 0.269 e. The normalized spacial score (nSPS) is 12.3. The lowest BCUT2D eigenvalue weighted by molar-refractivity contribution is -0.384. The van der Waals surface area contributed by atoms with Gasteiger partial charge in [-0.2, -0.15) is 0 Å². The number of nitro groups is 1. The lowest BCUT2D eigenvalue weighted by Gasteiger charge is -2.30. The van der Waals surface area contributed by atoms with Crippen molar-refractivity contribution in [3.05, 3.63) is 69.8 Å². The molecule has 0 aliphatic heterocycles. The first-order valence-electron chi connectivity index (χ1n) is 7.34. The highest BCUT2D eigenvalue weighted by Gasteiger charge is 2.21. The van der Waals surface area contributed by atoms with Gasteiger partial charge < -0.3 is 5.11 Å². The van der Waals surface area contributed by atoms with E-state index in [4.69, 9.17) is 0 Å². The fourth-order valence-corrected chi connectivity index (χ4v) is 2.68. The number of benzene rings is 2. The van der Waals surface area contributed by atoms with Crippen LogP contribution in [0.1, 0.15) is 31.0 Å². The highest BCUT2D eigenvalue weighted by Crippen LogP contribution is 2.31. The van der Waals surface area contributed by atoms with Gasteiger partial charge in [0.2, 0.25) is 0 Å². The van der Waals surface area contributed by atoms with Gasteiger partial charge in [0, 0.05) is 12.1 Å². The predicted octanol–water partition coefficient (Wildman–Crippen LogP) is 3.73. The molecule has 5 heteroatoms. The van der Waals surface area contributed by atoms with Crippen LogP contribution in [-0.4, -0.2) is 28.0 Å². The molecule has 0 heterocycles. The summed E-state index contributed by atoms with van der Waals surface area (Å²) in [5.41, 5.74) is 2.02. The molecule has 1 unspecified atom stereocenters. The van der Waals surface area contributed by atoms with Gasteiger partial charge in [0.25, 0.3) is 5.69 Å². The van der Waals surface area contributed by atoms with E-state index in [1.807, 2.05) is 12.1 Å². The summed E-state index contributed by atoms with van der Waals surface area (Å²) >= 11 is 0. The molecule has 0 saturated heterocycles. The number of aromatic hydroxyl groups is 1. The van der Waals surface area contributed by atoms with Crippen molar-refractivity contribution in [2.24, 2.45) is 0 Å². The van der Waals surface area contributed by atoms with Gasteiger partial charge in [0.15, 0.2) is 0 Å². The second kappa shape index (κ2) is 7.04. The first kappa shape index (κ1) is 16.0. The maximum absolute atomic E-state index is 10.8. The molecule has 22 heavy (non-hydrogen) atoms. The average molecular weight is 300 g/mol. The van der Waals surface area contributed by atoms with Crippen molar-refractivity contribution < 1.29 is 10.0 Å². The molecule has 2 aromatic carbocycles. The number of hydrogen-bond donors (Lipinski definition) is 1. The first-order valence-corrected chi connectivity index (χ1v) is 7.34. The number of phenolic OH excluding ortho intramolecular Hbond substituents is 1. The summed E-state index contributed by atoms with van der Waals surface area (Å²) in [5, 5.41) is 20.6. The van der Waals surface area contributed by atoms with E-state index in [1.54, 1.807) is 24.3 Å². The summed E-state index contributed by atoms with van der Waals surface area (Å²) in [6.07, 6.45) is 0. The third kappa shape index (κ3) is 3.43. The zero-order valence-electron chi connectivity index (χ0n) is 12.8. The van der Waals surface area contributed by atoms with Crippen molar-refractivity contribution in [2.45, 2.75) is 19.9 Å². The summed E-state index contributed by atoms with van der Waals surface area (Å²) < 4.78 is 0. The molecule has 116 valence electrons. The monoisotopic (exact) mass is 300 g/mol. The quantitative estimate of drug-likeness (QED) is 0.652. The molecule has 0 fully saturated rings. The molecule has 2 aromatic rings. The van der Waals surface area contributed by atoms with Gasteiger partial charge in [-0.15, -0.1) is 0 Å². The van der Waals surface area contributed by atoms with E-state index < -0.39 is 4.92 Å². The molecule has 2 rings (SSSR count). The van der Waals surface area contributed by atoms with Crippen molar-refractivity contribution in [3.63, 3.8) is 0 Å². The van der Waals surface area contributed by atoms with Gasteiger partial charge >= 0.3 is 0 Å². The van der Waals surface area contributed by atoms with E-state index in [1.165, 1.54) is 12.1 Å². The Morgan fingerprint density at radius 1 is 1.09 bits per heavy atom. The Bertz CT molecular complexity index is 637. The van der Waals surface area contributed by atoms with Crippen molar-refractivity contribution >= 4 is 5.69 Å². The van der Waals surface area contributed by atoms with E-state index in [-0.39, 0.29) is 17.5 Å². The lowest BCUT2D eigenvalue weighted by atomic mass is 9.96. The van der Waals surface area contributed by atoms with Crippen LogP contribution >= 0.6 is 0 Å². The van der Waals surface area contributed by atoms with E-state index in [0.717, 1.165) is 24.2 Å². The SMILES string of the molecule is CCN(CC)C(c1ccc([N+](=O)[O-])cc1)c1cccc(O)c1. The van der Waals surface area contributed by atoms with E-state index in [2.05, 4.69) is 18.7 Å². The Labute approximate surface area is 130 Å².